The molecule has 0 heterocycles. The molecule has 2 fully saturated rings. The van der Waals surface area contributed by atoms with E-state index in [9.17, 15) is 5.11 Å². The molecule has 0 aromatic carbocycles. The fraction of sp³-hybridized carbons (Fsp3) is 0.905. The summed E-state index contributed by atoms with van der Waals surface area (Å²) in [6.45, 7) is 11.1. The van der Waals surface area contributed by atoms with Crippen LogP contribution in [-0.4, -0.2) is 11.2 Å². The van der Waals surface area contributed by atoms with E-state index in [-0.39, 0.29) is 6.10 Å². The fourth-order valence-electron chi connectivity index (χ4n) is 5.21. The molecule has 0 bridgehead atoms. The van der Waals surface area contributed by atoms with E-state index in [1.807, 2.05) is 0 Å². The Morgan fingerprint density at radius 1 is 1.05 bits per heavy atom. The van der Waals surface area contributed by atoms with Gasteiger partial charge >= 0.3 is 0 Å². The van der Waals surface area contributed by atoms with Crippen LogP contribution in [0.15, 0.2) is 12.2 Å². The van der Waals surface area contributed by atoms with Crippen LogP contribution in [0.25, 0.3) is 0 Å². The highest BCUT2D eigenvalue weighted by Gasteiger charge is 2.40. The van der Waals surface area contributed by atoms with Crippen LogP contribution >= 0.6 is 0 Å². The van der Waals surface area contributed by atoms with Gasteiger partial charge in [0.1, 0.15) is 0 Å². The second-order valence-corrected chi connectivity index (χ2v) is 8.44. The van der Waals surface area contributed by atoms with E-state index in [1.54, 1.807) is 0 Å². The van der Waals surface area contributed by atoms with Gasteiger partial charge in [-0.2, -0.15) is 0 Å². The molecule has 2 aliphatic carbocycles. The molecule has 0 saturated heterocycles. The van der Waals surface area contributed by atoms with Crippen molar-refractivity contribution < 1.29 is 5.11 Å². The highest BCUT2D eigenvalue weighted by molar-refractivity contribution is 5.04. The minimum atomic E-state index is -0.0578. The third-order valence-corrected chi connectivity index (χ3v) is 6.54. The van der Waals surface area contributed by atoms with Crippen molar-refractivity contribution in [2.45, 2.75) is 91.1 Å². The molecule has 2 aliphatic rings. The highest BCUT2D eigenvalue weighted by Crippen LogP contribution is 2.47. The quantitative estimate of drug-likeness (QED) is 0.473. The van der Waals surface area contributed by atoms with E-state index in [0.717, 1.165) is 18.3 Å². The molecule has 6 atom stereocenters. The van der Waals surface area contributed by atoms with Crippen LogP contribution in [0.5, 0.6) is 0 Å². The Balaban J connectivity index is 1.92. The third kappa shape index (κ3) is 4.60. The number of aliphatic hydroxyl groups is 1. The predicted molar refractivity (Wildman–Crippen MR) is 95.8 cm³/mol. The molecule has 0 aliphatic heterocycles. The molecule has 22 heavy (non-hydrogen) atoms. The molecule has 2 saturated carbocycles. The van der Waals surface area contributed by atoms with E-state index in [2.05, 4.69) is 27.4 Å². The van der Waals surface area contributed by atoms with Gasteiger partial charge in [0.2, 0.25) is 0 Å². The van der Waals surface area contributed by atoms with Gasteiger partial charge < -0.3 is 5.11 Å². The third-order valence-electron chi connectivity index (χ3n) is 6.54. The van der Waals surface area contributed by atoms with Crippen molar-refractivity contribution >= 4 is 0 Å². The van der Waals surface area contributed by atoms with Crippen molar-refractivity contribution in [2.75, 3.05) is 0 Å². The minimum Gasteiger partial charge on any atom is -0.393 e. The van der Waals surface area contributed by atoms with Gasteiger partial charge in [-0.05, 0) is 68.6 Å². The number of allylic oxidation sites excluding steroid dienone is 1. The number of hydrogen-bond donors (Lipinski definition) is 1. The monoisotopic (exact) mass is 306 g/mol. The van der Waals surface area contributed by atoms with Crippen LogP contribution in [0.1, 0.15) is 85.0 Å². The number of hydrogen-bond acceptors (Lipinski definition) is 1. The second-order valence-electron chi connectivity index (χ2n) is 8.44. The first-order valence-electron chi connectivity index (χ1n) is 9.86. The van der Waals surface area contributed by atoms with E-state index in [1.165, 1.54) is 63.4 Å². The van der Waals surface area contributed by atoms with E-state index < -0.39 is 0 Å². The normalized spacial score (nSPS) is 39.6. The van der Waals surface area contributed by atoms with Crippen molar-refractivity contribution in [1.29, 1.82) is 0 Å². The van der Waals surface area contributed by atoms with Gasteiger partial charge in [-0.1, -0.05) is 58.1 Å². The molecule has 0 radical (unpaired) electrons. The zero-order chi connectivity index (χ0) is 16.1. The largest absolute Gasteiger partial charge is 0.393 e. The van der Waals surface area contributed by atoms with Crippen molar-refractivity contribution in [3.05, 3.63) is 12.2 Å². The number of rotatable bonds is 6. The van der Waals surface area contributed by atoms with Crippen LogP contribution in [0.4, 0.5) is 0 Å². The molecule has 128 valence electrons. The lowest BCUT2D eigenvalue weighted by molar-refractivity contribution is -0.0146. The van der Waals surface area contributed by atoms with E-state index in [4.69, 9.17) is 0 Å². The Bertz CT molecular complexity index is 348. The maximum atomic E-state index is 10.8. The smallest absolute Gasteiger partial charge is 0.0573 e. The van der Waals surface area contributed by atoms with E-state index >= 15 is 0 Å². The molecule has 2 rings (SSSR count). The Hall–Kier alpha value is -0.300. The molecule has 0 aromatic rings. The van der Waals surface area contributed by atoms with Gasteiger partial charge in [-0.3, -0.25) is 0 Å². The second kappa shape index (κ2) is 8.52. The zero-order valence-electron chi connectivity index (χ0n) is 15.2. The van der Waals surface area contributed by atoms with Crippen LogP contribution in [0, 0.1) is 29.6 Å². The Morgan fingerprint density at radius 2 is 1.82 bits per heavy atom. The molecular formula is C21H38O. The highest BCUT2D eigenvalue weighted by atomic mass is 16.3. The molecule has 0 aromatic heterocycles. The van der Waals surface area contributed by atoms with Crippen molar-refractivity contribution in [3.63, 3.8) is 0 Å². The van der Waals surface area contributed by atoms with Crippen molar-refractivity contribution in [3.8, 4) is 0 Å². The van der Waals surface area contributed by atoms with Gasteiger partial charge in [-0.25, -0.2) is 0 Å². The average molecular weight is 307 g/mol. The fourth-order valence-corrected chi connectivity index (χ4v) is 5.21. The molecular weight excluding hydrogens is 268 g/mol. The van der Waals surface area contributed by atoms with Gasteiger partial charge in [0.25, 0.3) is 0 Å². The lowest BCUT2D eigenvalue weighted by atomic mass is 9.62. The first kappa shape index (κ1) is 18.0. The van der Waals surface area contributed by atoms with Crippen molar-refractivity contribution in [1.82, 2.24) is 0 Å². The summed E-state index contributed by atoms with van der Waals surface area (Å²) in [4.78, 5) is 0. The van der Waals surface area contributed by atoms with Crippen LogP contribution < -0.4 is 0 Å². The first-order chi connectivity index (χ1) is 10.5. The Labute approximate surface area is 138 Å². The summed E-state index contributed by atoms with van der Waals surface area (Å²) in [5.41, 5.74) is 1.36. The molecule has 1 heteroatoms. The van der Waals surface area contributed by atoms with Crippen LogP contribution in [-0.2, 0) is 0 Å². The zero-order valence-corrected chi connectivity index (χ0v) is 15.2. The van der Waals surface area contributed by atoms with Gasteiger partial charge in [-0.15, -0.1) is 0 Å². The summed E-state index contributed by atoms with van der Waals surface area (Å²) in [6, 6.07) is 0. The number of aliphatic hydroxyl groups excluding tert-OH is 1. The SMILES string of the molecule is C=C(C)[C@@H]1CCC(C)C[C@H]1C1CCC(CCCCC)CC1O. The van der Waals surface area contributed by atoms with Crippen molar-refractivity contribution in [2.24, 2.45) is 29.6 Å². The topological polar surface area (TPSA) is 20.2 Å². The molecule has 0 spiro atoms. The molecule has 4 unspecified atom stereocenters. The standard InChI is InChI=1S/C21H38O/c1-5-6-7-8-17-10-12-19(21(22)14-17)20-13-16(4)9-11-18(20)15(2)3/h16-22H,2,5-14H2,1,3-4H3/t16?,17?,18-,19?,20+,21?/m0/s1. The Morgan fingerprint density at radius 3 is 2.45 bits per heavy atom. The average Bonchev–Trinajstić information content (AvgIpc) is 2.47. The number of unbranched alkanes of at least 4 members (excludes halogenated alkanes) is 2. The van der Waals surface area contributed by atoms with Crippen LogP contribution in [0.2, 0.25) is 0 Å². The summed E-state index contributed by atoms with van der Waals surface area (Å²) in [7, 11) is 0. The summed E-state index contributed by atoms with van der Waals surface area (Å²) in [6.07, 6.45) is 12.9. The van der Waals surface area contributed by atoms with E-state index in [0.29, 0.717) is 17.8 Å². The minimum absolute atomic E-state index is 0.0578. The maximum absolute atomic E-state index is 10.8. The summed E-state index contributed by atoms with van der Waals surface area (Å²) >= 11 is 0. The molecule has 1 N–H and O–H groups in total. The van der Waals surface area contributed by atoms with Crippen LogP contribution in [0.3, 0.4) is 0 Å². The molecule has 1 nitrogen and oxygen atoms in total. The summed E-state index contributed by atoms with van der Waals surface area (Å²) < 4.78 is 0. The maximum Gasteiger partial charge on any atom is 0.0573 e. The van der Waals surface area contributed by atoms with Gasteiger partial charge in [0.15, 0.2) is 0 Å². The predicted octanol–water partition coefficient (Wildman–Crippen LogP) is 5.97. The summed E-state index contributed by atoms with van der Waals surface area (Å²) in [5.74, 6) is 3.49. The lowest BCUT2D eigenvalue weighted by Gasteiger charge is -2.45. The first-order valence-corrected chi connectivity index (χ1v) is 9.86. The Kier molecular flexibility index (Phi) is 6.99. The van der Waals surface area contributed by atoms with Gasteiger partial charge in [0, 0.05) is 0 Å². The summed E-state index contributed by atoms with van der Waals surface area (Å²) in [5, 5.41) is 10.8. The van der Waals surface area contributed by atoms with Gasteiger partial charge in [0.05, 0.1) is 6.10 Å². The molecule has 0 amide bonds. The lowest BCUT2D eigenvalue weighted by Crippen LogP contribution is -2.40.